The quantitative estimate of drug-likeness (QED) is 0.860. The molecule has 3 heteroatoms. The van der Waals surface area contributed by atoms with Gasteiger partial charge in [0.1, 0.15) is 6.17 Å². The molecule has 1 fully saturated rings. The van der Waals surface area contributed by atoms with Gasteiger partial charge in [-0.25, -0.2) is 0 Å². The zero-order valence-electron chi connectivity index (χ0n) is 10.5. The topological polar surface area (TPSA) is 41.1 Å². The maximum absolute atomic E-state index is 12.2. The standard InChI is InChI=1S/C16H16N2O/c19-16-14(12-7-3-1-4-8-12)11-17-15(18-16)13-9-5-2-6-10-13/h1-10,14-15,17H,11H2,(H,18,19). The van der Waals surface area contributed by atoms with E-state index in [1.165, 1.54) is 0 Å². The van der Waals surface area contributed by atoms with E-state index in [-0.39, 0.29) is 18.0 Å². The minimum Gasteiger partial charge on any atom is -0.336 e. The van der Waals surface area contributed by atoms with Crippen LogP contribution in [0.4, 0.5) is 0 Å². The molecule has 0 aromatic heterocycles. The van der Waals surface area contributed by atoms with Crippen LogP contribution in [-0.4, -0.2) is 12.5 Å². The summed E-state index contributed by atoms with van der Waals surface area (Å²) in [5, 5.41) is 6.41. The van der Waals surface area contributed by atoms with Crippen LogP contribution >= 0.6 is 0 Å². The third-order valence-corrected chi connectivity index (χ3v) is 3.46. The van der Waals surface area contributed by atoms with Crippen LogP contribution in [0.15, 0.2) is 60.7 Å². The highest BCUT2D eigenvalue weighted by Gasteiger charge is 2.28. The van der Waals surface area contributed by atoms with E-state index in [0.29, 0.717) is 6.54 Å². The van der Waals surface area contributed by atoms with Crippen LogP contribution in [0.2, 0.25) is 0 Å². The Labute approximate surface area is 112 Å². The Morgan fingerprint density at radius 2 is 1.42 bits per heavy atom. The first-order valence-electron chi connectivity index (χ1n) is 6.48. The zero-order chi connectivity index (χ0) is 13.1. The van der Waals surface area contributed by atoms with Crippen molar-refractivity contribution in [3.05, 3.63) is 71.8 Å². The molecule has 0 saturated carbocycles. The minimum atomic E-state index is -0.110. The number of nitrogens with one attached hydrogen (secondary N) is 2. The molecule has 2 N–H and O–H groups in total. The Balaban J connectivity index is 1.75. The predicted molar refractivity (Wildman–Crippen MR) is 74.5 cm³/mol. The molecule has 1 saturated heterocycles. The summed E-state index contributed by atoms with van der Waals surface area (Å²) in [5.41, 5.74) is 2.14. The molecule has 1 amide bonds. The van der Waals surface area contributed by atoms with Crippen molar-refractivity contribution in [3.8, 4) is 0 Å². The minimum absolute atomic E-state index is 0.0822. The van der Waals surface area contributed by atoms with Crippen LogP contribution in [0.25, 0.3) is 0 Å². The summed E-state index contributed by atoms with van der Waals surface area (Å²) in [6.45, 7) is 0.662. The molecule has 2 atom stereocenters. The third-order valence-electron chi connectivity index (χ3n) is 3.46. The maximum atomic E-state index is 12.2. The molecule has 3 nitrogen and oxygen atoms in total. The van der Waals surface area contributed by atoms with Crippen LogP contribution in [0, 0.1) is 0 Å². The Morgan fingerprint density at radius 3 is 2.00 bits per heavy atom. The Hall–Kier alpha value is -2.13. The first-order valence-corrected chi connectivity index (χ1v) is 6.48. The van der Waals surface area contributed by atoms with E-state index in [9.17, 15) is 4.79 Å². The summed E-state index contributed by atoms with van der Waals surface area (Å²) in [6, 6.07) is 19.8. The lowest BCUT2D eigenvalue weighted by atomic mass is 9.95. The second kappa shape index (κ2) is 5.24. The van der Waals surface area contributed by atoms with Crippen molar-refractivity contribution in [1.29, 1.82) is 0 Å². The van der Waals surface area contributed by atoms with Gasteiger partial charge in [0, 0.05) is 6.54 Å². The lowest BCUT2D eigenvalue weighted by Gasteiger charge is -2.31. The van der Waals surface area contributed by atoms with Gasteiger partial charge in [0.15, 0.2) is 0 Å². The van der Waals surface area contributed by atoms with E-state index < -0.39 is 0 Å². The molecule has 96 valence electrons. The lowest BCUT2D eigenvalue weighted by Crippen LogP contribution is -2.49. The summed E-state index contributed by atoms with van der Waals surface area (Å²) >= 11 is 0. The van der Waals surface area contributed by atoms with Crippen molar-refractivity contribution < 1.29 is 4.79 Å². The van der Waals surface area contributed by atoms with Crippen molar-refractivity contribution in [2.45, 2.75) is 12.1 Å². The van der Waals surface area contributed by atoms with Gasteiger partial charge in [-0.3, -0.25) is 10.1 Å². The number of hydrogen-bond donors (Lipinski definition) is 2. The van der Waals surface area contributed by atoms with Crippen molar-refractivity contribution >= 4 is 5.91 Å². The van der Waals surface area contributed by atoms with Gasteiger partial charge < -0.3 is 5.32 Å². The highest BCUT2D eigenvalue weighted by molar-refractivity contribution is 5.85. The molecule has 0 bridgehead atoms. The zero-order valence-corrected chi connectivity index (χ0v) is 10.5. The molecule has 1 heterocycles. The highest BCUT2D eigenvalue weighted by atomic mass is 16.2. The molecule has 1 aliphatic heterocycles. The Morgan fingerprint density at radius 1 is 0.842 bits per heavy atom. The van der Waals surface area contributed by atoms with Gasteiger partial charge in [-0.2, -0.15) is 0 Å². The van der Waals surface area contributed by atoms with Gasteiger partial charge in [-0.05, 0) is 11.1 Å². The monoisotopic (exact) mass is 252 g/mol. The molecular formula is C16H16N2O. The normalized spacial score (nSPS) is 22.8. The van der Waals surface area contributed by atoms with Gasteiger partial charge in [0.05, 0.1) is 5.92 Å². The predicted octanol–water partition coefficient (Wildman–Crippen LogP) is 2.19. The first kappa shape index (κ1) is 11.9. The van der Waals surface area contributed by atoms with Crippen LogP contribution in [0.3, 0.4) is 0 Å². The molecule has 2 aromatic rings. The SMILES string of the molecule is O=C1NC(c2ccccc2)NCC1c1ccccc1. The van der Waals surface area contributed by atoms with Crippen molar-refractivity contribution in [1.82, 2.24) is 10.6 Å². The second-order valence-corrected chi connectivity index (χ2v) is 4.72. The second-order valence-electron chi connectivity index (χ2n) is 4.72. The number of benzene rings is 2. The maximum Gasteiger partial charge on any atom is 0.230 e. The largest absolute Gasteiger partial charge is 0.336 e. The Bertz CT molecular complexity index is 553. The molecule has 1 aliphatic rings. The third kappa shape index (κ3) is 2.51. The van der Waals surface area contributed by atoms with Gasteiger partial charge in [-0.15, -0.1) is 0 Å². The lowest BCUT2D eigenvalue weighted by molar-refractivity contribution is -0.125. The number of amides is 1. The van der Waals surface area contributed by atoms with Crippen LogP contribution < -0.4 is 10.6 Å². The van der Waals surface area contributed by atoms with Crippen LogP contribution in [0.1, 0.15) is 23.2 Å². The fourth-order valence-electron chi connectivity index (χ4n) is 2.42. The molecule has 0 spiro atoms. The average molecular weight is 252 g/mol. The number of hydrogen-bond acceptors (Lipinski definition) is 2. The average Bonchev–Trinajstić information content (AvgIpc) is 2.49. The van der Waals surface area contributed by atoms with E-state index in [0.717, 1.165) is 11.1 Å². The van der Waals surface area contributed by atoms with Crippen molar-refractivity contribution in [3.63, 3.8) is 0 Å². The van der Waals surface area contributed by atoms with E-state index in [1.807, 2.05) is 60.7 Å². The van der Waals surface area contributed by atoms with Crippen LogP contribution in [0.5, 0.6) is 0 Å². The van der Waals surface area contributed by atoms with Crippen LogP contribution in [-0.2, 0) is 4.79 Å². The molecule has 2 unspecified atom stereocenters. The van der Waals surface area contributed by atoms with E-state index >= 15 is 0 Å². The molecule has 0 aliphatic carbocycles. The summed E-state index contributed by atoms with van der Waals surface area (Å²) in [6.07, 6.45) is -0.0892. The number of carbonyl (C=O) groups excluding carboxylic acids is 1. The van der Waals surface area contributed by atoms with E-state index in [1.54, 1.807) is 0 Å². The van der Waals surface area contributed by atoms with E-state index in [2.05, 4.69) is 10.6 Å². The summed E-state index contributed by atoms with van der Waals surface area (Å²) in [7, 11) is 0. The van der Waals surface area contributed by atoms with Gasteiger partial charge in [0.25, 0.3) is 0 Å². The Kier molecular flexibility index (Phi) is 3.29. The molecule has 0 radical (unpaired) electrons. The number of carbonyl (C=O) groups is 1. The van der Waals surface area contributed by atoms with Gasteiger partial charge in [0.2, 0.25) is 5.91 Å². The smallest absolute Gasteiger partial charge is 0.230 e. The summed E-state index contributed by atoms with van der Waals surface area (Å²) in [5.74, 6) is -0.0278. The fourth-order valence-corrected chi connectivity index (χ4v) is 2.42. The summed E-state index contributed by atoms with van der Waals surface area (Å²) in [4.78, 5) is 12.2. The van der Waals surface area contributed by atoms with Gasteiger partial charge in [-0.1, -0.05) is 60.7 Å². The van der Waals surface area contributed by atoms with Crippen molar-refractivity contribution in [2.24, 2.45) is 0 Å². The molecule has 19 heavy (non-hydrogen) atoms. The summed E-state index contributed by atoms with van der Waals surface area (Å²) < 4.78 is 0. The van der Waals surface area contributed by atoms with Gasteiger partial charge >= 0.3 is 0 Å². The van der Waals surface area contributed by atoms with Crippen molar-refractivity contribution in [2.75, 3.05) is 6.54 Å². The molecule has 2 aromatic carbocycles. The number of rotatable bonds is 2. The molecule has 3 rings (SSSR count). The molecular weight excluding hydrogens is 236 g/mol. The van der Waals surface area contributed by atoms with E-state index in [4.69, 9.17) is 0 Å². The highest BCUT2D eigenvalue weighted by Crippen LogP contribution is 2.22. The first-order chi connectivity index (χ1) is 9.34. The fraction of sp³-hybridized carbons (Fsp3) is 0.188.